The topological polar surface area (TPSA) is 80.3 Å². The van der Waals surface area contributed by atoms with Gasteiger partial charge in [0.1, 0.15) is 5.82 Å². The molecule has 1 heterocycles. The Morgan fingerprint density at radius 3 is 2.69 bits per heavy atom. The van der Waals surface area contributed by atoms with Gasteiger partial charge in [0.05, 0.1) is 10.6 Å². The molecule has 7 heteroatoms. The molecule has 2 rings (SSSR count). The predicted octanol–water partition coefficient (Wildman–Crippen LogP) is 4.13. The summed E-state index contributed by atoms with van der Waals surface area (Å²) in [4.78, 5) is 28.6. The molecule has 0 aliphatic rings. The van der Waals surface area contributed by atoms with Gasteiger partial charge in [-0.3, -0.25) is 4.79 Å². The molecule has 0 aliphatic carbocycles. The number of para-hydroxylation sites is 1. The standard InChI is InChI=1S/C19H22ClN3O3/c1-3-4-11-21-16-8-6-5-7-15(16)19(25)26-13(2)18(24)23-17-10-9-14(20)12-22-17/h5-10,12-13,21H,3-4,11H2,1-2H3,(H,22,23,24). The van der Waals surface area contributed by atoms with Crippen LogP contribution >= 0.6 is 11.6 Å². The minimum atomic E-state index is -0.969. The lowest BCUT2D eigenvalue weighted by Crippen LogP contribution is -2.30. The largest absolute Gasteiger partial charge is 0.449 e. The summed E-state index contributed by atoms with van der Waals surface area (Å²) in [5.41, 5.74) is 1.09. The van der Waals surface area contributed by atoms with Crippen molar-refractivity contribution in [3.8, 4) is 0 Å². The van der Waals surface area contributed by atoms with Crippen LogP contribution in [0, 0.1) is 0 Å². The van der Waals surface area contributed by atoms with E-state index in [9.17, 15) is 9.59 Å². The van der Waals surface area contributed by atoms with E-state index < -0.39 is 18.0 Å². The fourth-order valence-electron chi connectivity index (χ4n) is 2.17. The molecule has 1 amide bonds. The molecule has 1 unspecified atom stereocenters. The van der Waals surface area contributed by atoms with Crippen LogP contribution in [0.25, 0.3) is 0 Å². The van der Waals surface area contributed by atoms with Crippen molar-refractivity contribution in [1.29, 1.82) is 0 Å². The maximum Gasteiger partial charge on any atom is 0.341 e. The molecule has 2 N–H and O–H groups in total. The van der Waals surface area contributed by atoms with E-state index in [1.807, 2.05) is 12.1 Å². The molecule has 26 heavy (non-hydrogen) atoms. The zero-order valence-corrected chi connectivity index (χ0v) is 15.5. The SMILES string of the molecule is CCCCNc1ccccc1C(=O)OC(C)C(=O)Nc1ccc(Cl)cn1. The number of ether oxygens (including phenoxy) is 1. The van der Waals surface area contributed by atoms with Gasteiger partial charge in [0, 0.05) is 18.4 Å². The van der Waals surface area contributed by atoms with E-state index in [4.69, 9.17) is 16.3 Å². The highest BCUT2D eigenvalue weighted by atomic mass is 35.5. The Kier molecular flexibility index (Phi) is 7.41. The lowest BCUT2D eigenvalue weighted by molar-refractivity contribution is -0.123. The number of pyridine rings is 1. The summed E-state index contributed by atoms with van der Waals surface area (Å²) < 4.78 is 5.30. The van der Waals surface area contributed by atoms with E-state index in [-0.39, 0.29) is 0 Å². The number of nitrogens with one attached hydrogen (secondary N) is 2. The second-order valence-corrected chi connectivity index (χ2v) is 6.16. The van der Waals surface area contributed by atoms with Crippen molar-refractivity contribution in [2.24, 2.45) is 0 Å². The number of carbonyl (C=O) groups excluding carboxylic acids is 2. The number of esters is 1. The van der Waals surface area contributed by atoms with Gasteiger partial charge in [-0.05, 0) is 37.6 Å². The minimum Gasteiger partial charge on any atom is -0.449 e. The van der Waals surface area contributed by atoms with Gasteiger partial charge in [0.15, 0.2) is 6.10 Å². The maximum atomic E-state index is 12.4. The highest BCUT2D eigenvalue weighted by molar-refractivity contribution is 6.30. The first kappa shape index (κ1) is 19.7. The Hall–Kier alpha value is -2.60. The van der Waals surface area contributed by atoms with Crippen LogP contribution in [0.5, 0.6) is 0 Å². The molecule has 2 aromatic rings. The third-order valence-electron chi connectivity index (χ3n) is 3.62. The van der Waals surface area contributed by atoms with Crippen LogP contribution in [-0.2, 0) is 9.53 Å². The Morgan fingerprint density at radius 2 is 2.00 bits per heavy atom. The summed E-state index contributed by atoms with van der Waals surface area (Å²) in [6, 6.07) is 10.3. The van der Waals surface area contributed by atoms with Gasteiger partial charge in [-0.15, -0.1) is 0 Å². The average Bonchev–Trinajstić information content (AvgIpc) is 2.64. The average molecular weight is 376 g/mol. The van der Waals surface area contributed by atoms with E-state index in [1.54, 1.807) is 24.3 Å². The molecule has 6 nitrogen and oxygen atoms in total. The number of amides is 1. The number of carbonyl (C=O) groups is 2. The number of hydrogen-bond donors (Lipinski definition) is 2. The first-order chi connectivity index (χ1) is 12.5. The number of unbranched alkanes of at least 4 members (excludes halogenated alkanes) is 1. The third-order valence-corrected chi connectivity index (χ3v) is 3.85. The van der Waals surface area contributed by atoms with Crippen molar-refractivity contribution in [3.63, 3.8) is 0 Å². The van der Waals surface area contributed by atoms with Gasteiger partial charge in [-0.2, -0.15) is 0 Å². The predicted molar refractivity (Wildman–Crippen MR) is 103 cm³/mol. The summed E-state index contributed by atoms with van der Waals surface area (Å²) in [5, 5.41) is 6.27. The lowest BCUT2D eigenvalue weighted by atomic mass is 10.1. The summed E-state index contributed by atoms with van der Waals surface area (Å²) >= 11 is 5.76. The molecule has 0 saturated heterocycles. The van der Waals surface area contributed by atoms with Crippen molar-refractivity contribution in [2.45, 2.75) is 32.8 Å². The minimum absolute atomic E-state index is 0.337. The number of anilines is 2. The van der Waals surface area contributed by atoms with Gasteiger partial charge >= 0.3 is 5.97 Å². The number of rotatable bonds is 8. The smallest absolute Gasteiger partial charge is 0.341 e. The van der Waals surface area contributed by atoms with E-state index >= 15 is 0 Å². The Labute approximate surface area is 157 Å². The molecule has 1 aromatic carbocycles. The Bertz CT molecular complexity index is 750. The van der Waals surface area contributed by atoms with E-state index in [0.29, 0.717) is 22.1 Å². The number of benzene rings is 1. The van der Waals surface area contributed by atoms with Crippen LogP contribution in [-0.4, -0.2) is 29.5 Å². The molecule has 0 radical (unpaired) electrons. The molecule has 0 spiro atoms. The third kappa shape index (κ3) is 5.74. The summed E-state index contributed by atoms with van der Waals surface area (Å²) in [5.74, 6) is -0.690. The fourth-order valence-corrected chi connectivity index (χ4v) is 2.28. The first-order valence-corrected chi connectivity index (χ1v) is 8.85. The fraction of sp³-hybridized carbons (Fsp3) is 0.316. The van der Waals surface area contributed by atoms with Gasteiger partial charge in [0.2, 0.25) is 0 Å². The molecule has 0 aliphatic heterocycles. The molecular formula is C19H22ClN3O3. The highest BCUT2D eigenvalue weighted by Crippen LogP contribution is 2.17. The second kappa shape index (κ2) is 9.77. The van der Waals surface area contributed by atoms with Crippen LogP contribution in [0.2, 0.25) is 5.02 Å². The van der Waals surface area contributed by atoms with Crippen molar-refractivity contribution in [1.82, 2.24) is 4.98 Å². The monoisotopic (exact) mass is 375 g/mol. The zero-order valence-electron chi connectivity index (χ0n) is 14.8. The van der Waals surface area contributed by atoms with Crippen LogP contribution < -0.4 is 10.6 Å². The van der Waals surface area contributed by atoms with E-state index in [1.165, 1.54) is 13.1 Å². The normalized spacial score (nSPS) is 11.5. The van der Waals surface area contributed by atoms with Crippen LogP contribution in [0.15, 0.2) is 42.6 Å². The maximum absolute atomic E-state index is 12.4. The number of hydrogen-bond acceptors (Lipinski definition) is 5. The van der Waals surface area contributed by atoms with Crippen LogP contribution in [0.1, 0.15) is 37.0 Å². The Morgan fingerprint density at radius 1 is 1.23 bits per heavy atom. The molecule has 0 fully saturated rings. The number of aromatic nitrogens is 1. The molecular weight excluding hydrogens is 354 g/mol. The van der Waals surface area contributed by atoms with Crippen molar-refractivity contribution < 1.29 is 14.3 Å². The van der Waals surface area contributed by atoms with Gasteiger partial charge in [-0.25, -0.2) is 9.78 Å². The van der Waals surface area contributed by atoms with E-state index in [0.717, 1.165) is 19.4 Å². The number of nitrogens with zero attached hydrogens (tertiary/aromatic N) is 1. The van der Waals surface area contributed by atoms with Gasteiger partial charge < -0.3 is 15.4 Å². The number of halogens is 1. The summed E-state index contributed by atoms with van der Waals surface area (Å²) in [6.45, 7) is 4.37. The van der Waals surface area contributed by atoms with Crippen molar-refractivity contribution in [3.05, 3.63) is 53.2 Å². The quantitative estimate of drug-likeness (QED) is 0.535. The van der Waals surface area contributed by atoms with Crippen LogP contribution in [0.3, 0.4) is 0 Å². The lowest BCUT2D eigenvalue weighted by Gasteiger charge is -2.15. The second-order valence-electron chi connectivity index (χ2n) is 5.72. The molecule has 138 valence electrons. The molecule has 0 saturated carbocycles. The van der Waals surface area contributed by atoms with Gasteiger partial charge in [-0.1, -0.05) is 37.1 Å². The zero-order chi connectivity index (χ0) is 18.9. The van der Waals surface area contributed by atoms with Crippen LogP contribution in [0.4, 0.5) is 11.5 Å². The molecule has 0 bridgehead atoms. The Balaban J connectivity index is 1.97. The van der Waals surface area contributed by atoms with Crippen molar-refractivity contribution >= 4 is 35.0 Å². The molecule has 1 aromatic heterocycles. The first-order valence-electron chi connectivity index (χ1n) is 8.47. The van der Waals surface area contributed by atoms with E-state index in [2.05, 4.69) is 22.5 Å². The van der Waals surface area contributed by atoms with Gasteiger partial charge in [0.25, 0.3) is 5.91 Å². The summed E-state index contributed by atoms with van der Waals surface area (Å²) in [7, 11) is 0. The summed E-state index contributed by atoms with van der Waals surface area (Å²) in [6.07, 6.45) is 2.50. The molecule has 1 atom stereocenters. The highest BCUT2D eigenvalue weighted by Gasteiger charge is 2.21. The van der Waals surface area contributed by atoms with Crippen molar-refractivity contribution in [2.75, 3.05) is 17.2 Å².